The van der Waals surface area contributed by atoms with Crippen LogP contribution in [0.15, 0.2) is 30.3 Å². The quantitative estimate of drug-likeness (QED) is 0.838. The van der Waals surface area contributed by atoms with Crippen LogP contribution in [-0.2, 0) is 9.84 Å². The van der Waals surface area contributed by atoms with E-state index in [0.717, 1.165) is 13.0 Å². The van der Waals surface area contributed by atoms with Gasteiger partial charge in [-0.15, -0.1) is 0 Å². The molecule has 1 aromatic rings. The van der Waals surface area contributed by atoms with Gasteiger partial charge in [-0.05, 0) is 31.9 Å². The lowest BCUT2D eigenvalue weighted by atomic mass is 10.0. The van der Waals surface area contributed by atoms with Crippen LogP contribution in [0.25, 0.3) is 0 Å². The molecule has 1 aliphatic rings. The minimum atomic E-state index is -2.76. The molecule has 1 saturated heterocycles. The summed E-state index contributed by atoms with van der Waals surface area (Å²) >= 11 is 0. The number of hydrogen-bond donors (Lipinski definition) is 0. The molecule has 0 saturated carbocycles. The second-order valence-corrected chi connectivity index (χ2v) is 7.52. The molecule has 0 amide bonds. The van der Waals surface area contributed by atoms with E-state index in [1.54, 1.807) is 0 Å². The number of rotatable bonds is 4. The van der Waals surface area contributed by atoms with Crippen LogP contribution in [0.2, 0.25) is 0 Å². The summed E-state index contributed by atoms with van der Waals surface area (Å²) in [6.07, 6.45) is 0.814. The van der Waals surface area contributed by atoms with Gasteiger partial charge in [-0.1, -0.05) is 30.3 Å². The zero-order chi connectivity index (χ0) is 13.2. The van der Waals surface area contributed by atoms with Gasteiger partial charge >= 0.3 is 0 Å². The van der Waals surface area contributed by atoms with Crippen molar-refractivity contribution in [3.8, 4) is 0 Å². The molecule has 1 heterocycles. The highest BCUT2D eigenvalue weighted by molar-refractivity contribution is 7.91. The molecule has 0 aromatic heterocycles. The van der Waals surface area contributed by atoms with Crippen LogP contribution in [-0.4, -0.2) is 38.4 Å². The van der Waals surface area contributed by atoms with E-state index in [-0.39, 0.29) is 0 Å². The second kappa shape index (κ2) is 5.41. The first-order valence-corrected chi connectivity index (χ1v) is 8.26. The number of sulfone groups is 1. The molecule has 1 aliphatic heterocycles. The highest BCUT2D eigenvalue weighted by Crippen LogP contribution is 2.24. The van der Waals surface area contributed by atoms with E-state index in [1.807, 2.05) is 18.2 Å². The molecular weight excluding hydrogens is 246 g/mol. The SMILES string of the molecule is C[C@H](c1ccccc1)N(C)C[C@H]1CCS(=O)(=O)C1. The second-order valence-electron chi connectivity index (χ2n) is 5.30. The van der Waals surface area contributed by atoms with Crippen molar-refractivity contribution in [1.82, 2.24) is 4.90 Å². The number of hydrogen-bond acceptors (Lipinski definition) is 3. The van der Waals surface area contributed by atoms with Gasteiger partial charge in [-0.3, -0.25) is 4.90 Å². The van der Waals surface area contributed by atoms with Gasteiger partial charge in [0.05, 0.1) is 11.5 Å². The Morgan fingerprint density at radius 2 is 2.00 bits per heavy atom. The van der Waals surface area contributed by atoms with Crippen LogP contribution in [0.4, 0.5) is 0 Å². The van der Waals surface area contributed by atoms with Gasteiger partial charge in [0.25, 0.3) is 0 Å². The summed E-state index contributed by atoms with van der Waals surface area (Å²) in [4.78, 5) is 2.25. The molecule has 0 bridgehead atoms. The molecule has 0 spiro atoms. The van der Waals surface area contributed by atoms with Crippen molar-refractivity contribution in [3.05, 3.63) is 35.9 Å². The van der Waals surface area contributed by atoms with Crippen molar-refractivity contribution in [2.75, 3.05) is 25.1 Å². The van der Waals surface area contributed by atoms with Crippen LogP contribution < -0.4 is 0 Å². The summed E-state index contributed by atoms with van der Waals surface area (Å²) in [5, 5.41) is 0. The third-order valence-electron chi connectivity index (χ3n) is 3.82. The average Bonchev–Trinajstić information content (AvgIpc) is 2.68. The van der Waals surface area contributed by atoms with E-state index in [0.29, 0.717) is 23.5 Å². The van der Waals surface area contributed by atoms with Gasteiger partial charge in [0.15, 0.2) is 9.84 Å². The summed E-state index contributed by atoms with van der Waals surface area (Å²) in [7, 11) is -0.686. The molecule has 0 unspecified atom stereocenters. The first kappa shape index (κ1) is 13.6. The van der Waals surface area contributed by atoms with E-state index in [2.05, 4.69) is 31.0 Å². The lowest BCUT2D eigenvalue weighted by molar-refractivity contribution is 0.228. The Morgan fingerprint density at radius 1 is 1.33 bits per heavy atom. The highest BCUT2D eigenvalue weighted by Gasteiger charge is 2.29. The molecular formula is C14H21NO2S. The Hall–Kier alpha value is -0.870. The van der Waals surface area contributed by atoms with Crippen LogP contribution in [0.1, 0.15) is 24.9 Å². The molecule has 2 atom stereocenters. The Balaban J connectivity index is 1.94. The van der Waals surface area contributed by atoms with Gasteiger partial charge in [-0.25, -0.2) is 8.42 Å². The van der Waals surface area contributed by atoms with Crippen LogP contribution >= 0.6 is 0 Å². The van der Waals surface area contributed by atoms with Gasteiger partial charge in [0.2, 0.25) is 0 Å². The standard InChI is InChI=1S/C14H21NO2S/c1-12(14-6-4-3-5-7-14)15(2)10-13-8-9-18(16,17)11-13/h3-7,12-13H,8-11H2,1-2H3/t12-,13-/m1/s1. The Morgan fingerprint density at radius 3 is 2.56 bits per heavy atom. The molecule has 0 aliphatic carbocycles. The van der Waals surface area contributed by atoms with Gasteiger partial charge < -0.3 is 0 Å². The monoisotopic (exact) mass is 267 g/mol. The van der Waals surface area contributed by atoms with Crippen molar-refractivity contribution in [1.29, 1.82) is 0 Å². The van der Waals surface area contributed by atoms with Crippen LogP contribution in [0.3, 0.4) is 0 Å². The average molecular weight is 267 g/mol. The molecule has 1 fully saturated rings. The Labute approximate surface area is 110 Å². The summed E-state index contributed by atoms with van der Waals surface area (Å²) in [6.45, 7) is 3.02. The van der Waals surface area contributed by atoms with E-state index in [4.69, 9.17) is 0 Å². The molecule has 0 N–H and O–H groups in total. The highest BCUT2D eigenvalue weighted by atomic mass is 32.2. The first-order valence-electron chi connectivity index (χ1n) is 6.43. The maximum atomic E-state index is 11.4. The van der Waals surface area contributed by atoms with Gasteiger partial charge in [0, 0.05) is 12.6 Å². The fraction of sp³-hybridized carbons (Fsp3) is 0.571. The fourth-order valence-electron chi connectivity index (χ4n) is 2.57. The predicted octanol–water partition coefficient (Wildman–Crippen LogP) is 2.11. The van der Waals surface area contributed by atoms with Crippen molar-refractivity contribution < 1.29 is 8.42 Å². The van der Waals surface area contributed by atoms with E-state index >= 15 is 0 Å². The normalized spacial score (nSPS) is 24.3. The van der Waals surface area contributed by atoms with Crippen molar-refractivity contribution in [3.63, 3.8) is 0 Å². The molecule has 1 aromatic carbocycles. The van der Waals surface area contributed by atoms with E-state index in [1.165, 1.54) is 5.56 Å². The predicted molar refractivity (Wildman–Crippen MR) is 74.2 cm³/mol. The Kier molecular flexibility index (Phi) is 4.07. The summed E-state index contributed by atoms with van der Waals surface area (Å²) in [5.41, 5.74) is 1.28. The zero-order valence-electron chi connectivity index (χ0n) is 11.0. The van der Waals surface area contributed by atoms with Crippen molar-refractivity contribution >= 4 is 9.84 Å². The number of nitrogens with zero attached hydrogens (tertiary/aromatic N) is 1. The van der Waals surface area contributed by atoms with Crippen LogP contribution in [0, 0.1) is 5.92 Å². The molecule has 3 nitrogen and oxygen atoms in total. The van der Waals surface area contributed by atoms with Crippen molar-refractivity contribution in [2.45, 2.75) is 19.4 Å². The lowest BCUT2D eigenvalue weighted by Crippen LogP contribution is -2.29. The zero-order valence-corrected chi connectivity index (χ0v) is 11.9. The Bertz CT molecular complexity index is 484. The summed E-state index contributed by atoms with van der Waals surface area (Å²) in [5.74, 6) is 1.02. The maximum Gasteiger partial charge on any atom is 0.150 e. The third-order valence-corrected chi connectivity index (χ3v) is 5.65. The number of benzene rings is 1. The van der Waals surface area contributed by atoms with Gasteiger partial charge in [-0.2, -0.15) is 0 Å². The molecule has 100 valence electrons. The minimum Gasteiger partial charge on any atom is -0.299 e. The lowest BCUT2D eigenvalue weighted by Gasteiger charge is -2.27. The van der Waals surface area contributed by atoms with Crippen molar-refractivity contribution in [2.24, 2.45) is 5.92 Å². The molecule has 4 heteroatoms. The molecule has 18 heavy (non-hydrogen) atoms. The van der Waals surface area contributed by atoms with E-state index < -0.39 is 9.84 Å². The minimum absolute atomic E-state index is 0.297. The summed E-state index contributed by atoms with van der Waals surface area (Å²) in [6, 6.07) is 10.7. The fourth-order valence-corrected chi connectivity index (χ4v) is 4.42. The van der Waals surface area contributed by atoms with Crippen LogP contribution in [0.5, 0.6) is 0 Å². The maximum absolute atomic E-state index is 11.4. The molecule has 0 radical (unpaired) electrons. The largest absolute Gasteiger partial charge is 0.299 e. The molecule has 2 rings (SSSR count). The smallest absolute Gasteiger partial charge is 0.150 e. The summed E-state index contributed by atoms with van der Waals surface area (Å²) < 4.78 is 22.9. The van der Waals surface area contributed by atoms with E-state index in [9.17, 15) is 8.42 Å². The third kappa shape index (κ3) is 3.33. The first-order chi connectivity index (χ1) is 8.48. The van der Waals surface area contributed by atoms with Gasteiger partial charge in [0.1, 0.15) is 0 Å². The topological polar surface area (TPSA) is 37.4 Å².